The van der Waals surface area contributed by atoms with Gasteiger partial charge in [-0.25, -0.2) is 4.79 Å². The summed E-state index contributed by atoms with van der Waals surface area (Å²) in [6.45, 7) is 4.37. The van der Waals surface area contributed by atoms with Crippen LogP contribution in [0.15, 0.2) is 48.7 Å². The second-order valence-electron chi connectivity index (χ2n) is 6.44. The number of alkyl halides is 1. The molecule has 7 heteroatoms. The Labute approximate surface area is 174 Å². The normalized spacial score (nSPS) is 10.6. The van der Waals surface area contributed by atoms with E-state index in [0.29, 0.717) is 40.1 Å². The first-order valence-corrected chi connectivity index (χ1v) is 9.84. The van der Waals surface area contributed by atoms with Gasteiger partial charge in [-0.05, 0) is 44.2 Å². The number of benzene rings is 2. The lowest BCUT2D eigenvalue weighted by Crippen LogP contribution is -2.25. The number of carbonyl (C=O) groups excluding carboxylic acids is 2. The van der Waals surface area contributed by atoms with Crippen LogP contribution in [0.25, 0.3) is 10.9 Å². The van der Waals surface area contributed by atoms with E-state index in [0.717, 1.165) is 11.3 Å². The number of ether oxygens (including phenoxy) is 1. The van der Waals surface area contributed by atoms with Crippen LogP contribution in [-0.2, 0) is 4.74 Å². The second kappa shape index (κ2) is 9.39. The van der Waals surface area contributed by atoms with Gasteiger partial charge in [0.1, 0.15) is 5.56 Å². The molecule has 0 atom stereocenters. The molecule has 1 aromatic heterocycles. The lowest BCUT2D eigenvalue weighted by molar-refractivity contribution is 0.0527. The van der Waals surface area contributed by atoms with Crippen molar-refractivity contribution in [3.63, 3.8) is 0 Å². The molecule has 1 amide bonds. The largest absolute Gasteiger partial charge is 0.462 e. The van der Waals surface area contributed by atoms with Gasteiger partial charge in [-0.3, -0.25) is 9.78 Å². The molecule has 2 aromatic carbocycles. The molecule has 0 unspecified atom stereocenters. The number of hydrogen-bond acceptors (Lipinski definition) is 5. The van der Waals surface area contributed by atoms with Gasteiger partial charge in [0, 0.05) is 35.3 Å². The molecule has 3 aromatic rings. The van der Waals surface area contributed by atoms with Crippen molar-refractivity contribution in [3.05, 3.63) is 65.4 Å². The first-order chi connectivity index (χ1) is 14.0. The fourth-order valence-electron chi connectivity index (χ4n) is 2.88. The van der Waals surface area contributed by atoms with Gasteiger partial charge in [-0.15, -0.1) is 11.6 Å². The summed E-state index contributed by atoms with van der Waals surface area (Å²) in [5, 5.41) is 6.69. The fraction of sp³-hybridized carbons (Fsp3) is 0.227. The van der Waals surface area contributed by atoms with E-state index in [1.807, 2.05) is 31.2 Å². The predicted molar refractivity (Wildman–Crippen MR) is 115 cm³/mol. The Morgan fingerprint density at radius 1 is 1.14 bits per heavy atom. The molecule has 0 saturated heterocycles. The summed E-state index contributed by atoms with van der Waals surface area (Å²) in [6, 6.07) is 13.0. The predicted octanol–water partition coefficient (Wildman–Crippen LogP) is 4.43. The zero-order valence-electron chi connectivity index (χ0n) is 16.3. The van der Waals surface area contributed by atoms with Crippen molar-refractivity contribution in [1.29, 1.82) is 0 Å². The summed E-state index contributed by atoms with van der Waals surface area (Å²) in [5.74, 6) is -0.391. The minimum absolute atomic E-state index is 0.240. The molecular weight excluding hydrogens is 390 g/mol. The summed E-state index contributed by atoms with van der Waals surface area (Å²) in [7, 11) is 0. The molecule has 0 bridgehead atoms. The Morgan fingerprint density at radius 2 is 1.90 bits per heavy atom. The first-order valence-electron chi connectivity index (χ1n) is 9.31. The minimum atomic E-state index is -0.478. The molecule has 0 radical (unpaired) electrons. The van der Waals surface area contributed by atoms with Crippen LogP contribution in [0.2, 0.25) is 0 Å². The van der Waals surface area contributed by atoms with Gasteiger partial charge in [0.25, 0.3) is 5.91 Å². The maximum atomic E-state index is 12.5. The van der Waals surface area contributed by atoms with Crippen molar-refractivity contribution in [3.8, 4) is 0 Å². The zero-order chi connectivity index (χ0) is 20.8. The molecule has 0 spiro atoms. The van der Waals surface area contributed by atoms with Crippen molar-refractivity contribution < 1.29 is 14.3 Å². The van der Waals surface area contributed by atoms with Gasteiger partial charge >= 0.3 is 5.97 Å². The molecule has 3 rings (SSSR count). The van der Waals surface area contributed by atoms with Gasteiger partial charge in [-0.1, -0.05) is 17.7 Å². The number of esters is 1. The van der Waals surface area contributed by atoms with Crippen LogP contribution in [0.3, 0.4) is 0 Å². The third-order valence-electron chi connectivity index (χ3n) is 4.33. The molecule has 0 aliphatic rings. The summed E-state index contributed by atoms with van der Waals surface area (Å²) >= 11 is 5.65. The van der Waals surface area contributed by atoms with E-state index in [9.17, 15) is 9.59 Å². The number of aromatic nitrogens is 1. The molecule has 1 heterocycles. The molecule has 2 N–H and O–H groups in total. The quantitative estimate of drug-likeness (QED) is 0.444. The fourth-order valence-corrected chi connectivity index (χ4v) is 2.97. The van der Waals surface area contributed by atoms with E-state index in [4.69, 9.17) is 16.3 Å². The van der Waals surface area contributed by atoms with Crippen LogP contribution < -0.4 is 10.6 Å². The smallest absolute Gasteiger partial charge is 0.341 e. The number of pyridine rings is 1. The van der Waals surface area contributed by atoms with Crippen LogP contribution in [0.4, 0.5) is 11.4 Å². The first kappa shape index (κ1) is 20.6. The van der Waals surface area contributed by atoms with Crippen molar-refractivity contribution >= 4 is 45.8 Å². The maximum Gasteiger partial charge on any atom is 0.341 e. The SMILES string of the molecule is CCOC(=O)c1cnc2ccc(C(=O)NCCCl)cc2c1Nc1ccc(C)cc1. The van der Waals surface area contributed by atoms with E-state index < -0.39 is 5.97 Å². The highest BCUT2D eigenvalue weighted by molar-refractivity contribution is 6.18. The Hall–Kier alpha value is -3.12. The van der Waals surface area contributed by atoms with E-state index >= 15 is 0 Å². The molecular formula is C22H22ClN3O3. The van der Waals surface area contributed by atoms with Crippen molar-refractivity contribution in [2.45, 2.75) is 13.8 Å². The number of nitrogens with one attached hydrogen (secondary N) is 2. The van der Waals surface area contributed by atoms with E-state index in [-0.39, 0.29) is 12.5 Å². The van der Waals surface area contributed by atoms with Crippen molar-refractivity contribution in [2.24, 2.45) is 0 Å². The van der Waals surface area contributed by atoms with Gasteiger partial charge in [0.05, 0.1) is 17.8 Å². The van der Waals surface area contributed by atoms with Crippen molar-refractivity contribution in [1.82, 2.24) is 10.3 Å². The van der Waals surface area contributed by atoms with Crippen molar-refractivity contribution in [2.75, 3.05) is 24.3 Å². The maximum absolute atomic E-state index is 12.5. The number of carbonyl (C=O) groups is 2. The molecule has 0 aliphatic carbocycles. The number of nitrogens with zero attached hydrogens (tertiary/aromatic N) is 1. The number of amides is 1. The van der Waals surface area contributed by atoms with Gasteiger partial charge in [0.2, 0.25) is 0 Å². The number of anilines is 2. The average molecular weight is 412 g/mol. The van der Waals surface area contributed by atoms with E-state index in [2.05, 4.69) is 15.6 Å². The van der Waals surface area contributed by atoms with E-state index in [1.54, 1.807) is 25.1 Å². The second-order valence-corrected chi connectivity index (χ2v) is 6.81. The molecule has 150 valence electrons. The van der Waals surface area contributed by atoms with Crippen LogP contribution in [0, 0.1) is 6.92 Å². The summed E-state index contributed by atoms with van der Waals surface area (Å²) in [5.41, 5.74) is 3.89. The van der Waals surface area contributed by atoms with E-state index in [1.165, 1.54) is 6.20 Å². The lowest BCUT2D eigenvalue weighted by atomic mass is 10.0. The molecule has 0 saturated carbocycles. The molecule has 0 fully saturated rings. The van der Waals surface area contributed by atoms with Gasteiger partial charge in [-0.2, -0.15) is 0 Å². The standard InChI is InChI=1S/C22H22ClN3O3/c1-3-29-22(28)18-13-25-19-9-6-15(21(27)24-11-10-23)12-17(19)20(18)26-16-7-4-14(2)5-8-16/h4-9,12-13H,3,10-11H2,1-2H3,(H,24,27)(H,25,26). The zero-order valence-corrected chi connectivity index (χ0v) is 17.0. The third-order valence-corrected chi connectivity index (χ3v) is 4.52. The van der Waals surface area contributed by atoms with Crippen LogP contribution >= 0.6 is 11.6 Å². The number of rotatable bonds is 7. The molecule has 6 nitrogen and oxygen atoms in total. The number of fused-ring (bicyclic) bond motifs is 1. The molecule has 0 aliphatic heterocycles. The highest BCUT2D eigenvalue weighted by Gasteiger charge is 2.18. The Kier molecular flexibility index (Phi) is 6.67. The topological polar surface area (TPSA) is 80.3 Å². The minimum Gasteiger partial charge on any atom is -0.462 e. The molecule has 29 heavy (non-hydrogen) atoms. The lowest BCUT2D eigenvalue weighted by Gasteiger charge is -2.15. The van der Waals surface area contributed by atoms with Gasteiger partial charge in [0.15, 0.2) is 0 Å². The Bertz CT molecular complexity index is 1040. The highest BCUT2D eigenvalue weighted by atomic mass is 35.5. The summed E-state index contributed by atoms with van der Waals surface area (Å²) in [4.78, 5) is 29.3. The van der Waals surface area contributed by atoms with Gasteiger partial charge < -0.3 is 15.4 Å². The summed E-state index contributed by atoms with van der Waals surface area (Å²) in [6.07, 6.45) is 1.49. The number of aryl methyl sites for hydroxylation is 1. The monoisotopic (exact) mass is 411 g/mol. The Balaban J connectivity index is 2.12. The van der Waals surface area contributed by atoms with Crippen LogP contribution in [0.5, 0.6) is 0 Å². The van der Waals surface area contributed by atoms with Crippen LogP contribution in [-0.4, -0.2) is 35.9 Å². The average Bonchev–Trinajstić information content (AvgIpc) is 2.73. The third kappa shape index (κ3) is 4.84. The summed E-state index contributed by atoms with van der Waals surface area (Å²) < 4.78 is 5.19. The number of halogens is 1. The number of hydrogen-bond donors (Lipinski definition) is 2. The van der Waals surface area contributed by atoms with Crippen LogP contribution in [0.1, 0.15) is 33.2 Å². The Morgan fingerprint density at radius 3 is 2.59 bits per heavy atom. The highest BCUT2D eigenvalue weighted by Crippen LogP contribution is 2.30.